The number of hydrogen-bond donors (Lipinski definition) is 1. The molecule has 22 heavy (non-hydrogen) atoms. The van der Waals surface area contributed by atoms with Crippen LogP contribution in [0, 0.1) is 6.92 Å². The molecule has 0 fully saturated rings. The summed E-state index contributed by atoms with van der Waals surface area (Å²) in [6.45, 7) is 1.77. The van der Waals surface area contributed by atoms with Crippen LogP contribution in [0.4, 0.5) is 0 Å². The zero-order valence-corrected chi connectivity index (χ0v) is 14.7. The van der Waals surface area contributed by atoms with Gasteiger partial charge >= 0.3 is 0 Å². The van der Waals surface area contributed by atoms with E-state index >= 15 is 0 Å². The molecule has 0 atom stereocenters. The van der Waals surface area contributed by atoms with Crippen molar-refractivity contribution in [3.8, 4) is 5.75 Å². The number of amides is 1. The highest BCUT2D eigenvalue weighted by Gasteiger charge is 2.09. The van der Waals surface area contributed by atoms with Gasteiger partial charge in [0.1, 0.15) is 11.6 Å². The monoisotopic (exact) mass is 382 g/mol. The number of aromatic nitrogens is 3. The number of aryl methyl sites for hydroxylation is 1. The van der Waals surface area contributed by atoms with E-state index in [1.807, 2.05) is 24.5 Å². The van der Waals surface area contributed by atoms with E-state index in [1.54, 1.807) is 24.8 Å². The van der Waals surface area contributed by atoms with Crippen molar-refractivity contribution in [2.45, 2.75) is 12.1 Å². The van der Waals surface area contributed by atoms with Crippen molar-refractivity contribution in [2.75, 3.05) is 18.8 Å². The second kappa shape index (κ2) is 7.46. The quantitative estimate of drug-likeness (QED) is 0.635. The normalized spacial score (nSPS) is 10.9. The molecular formula is C14H15BrN4O2S. The first-order valence-electron chi connectivity index (χ1n) is 6.33. The Hall–Kier alpha value is -1.80. The lowest BCUT2D eigenvalue weighted by Gasteiger charge is -2.07. The summed E-state index contributed by atoms with van der Waals surface area (Å²) in [6.07, 6.45) is 5.00. The second-order valence-corrected chi connectivity index (χ2v) is 5.95. The molecule has 1 heterocycles. The smallest absolute Gasteiger partial charge is 0.262 e. The zero-order valence-electron chi connectivity index (χ0n) is 12.3. The van der Waals surface area contributed by atoms with Gasteiger partial charge in [0.15, 0.2) is 0 Å². The minimum atomic E-state index is -0.278. The van der Waals surface area contributed by atoms with Crippen LogP contribution in [0.5, 0.6) is 5.75 Å². The van der Waals surface area contributed by atoms with Crippen molar-refractivity contribution < 1.29 is 9.53 Å². The van der Waals surface area contributed by atoms with Gasteiger partial charge in [-0.3, -0.25) is 10.2 Å². The third-order valence-electron chi connectivity index (χ3n) is 2.81. The Bertz CT molecular complexity index is 715. The average Bonchev–Trinajstić information content (AvgIpc) is 2.86. The Balaban J connectivity index is 2.15. The molecule has 8 heteroatoms. The number of ether oxygens (including phenoxy) is 1. The summed E-state index contributed by atoms with van der Waals surface area (Å²) in [5.41, 5.74) is 3.53. The van der Waals surface area contributed by atoms with Crippen LogP contribution in [-0.2, 0) is 4.79 Å². The van der Waals surface area contributed by atoms with Crippen molar-refractivity contribution >= 4 is 39.7 Å². The summed E-state index contributed by atoms with van der Waals surface area (Å²) < 4.78 is 7.72. The molecule has 1 aromatic heterocycles. The van der Waals surface area contributed by atoms with Crippen molar-refractivity contribution in [3.63, 3.8) is 0 Å². The number of benzene rings is 1. The molecule has 0 aliphatic heterocycles. The fourth-order valence-electron chi connectivity index (χ4n) is 1.75. The van der Waals surface area contributed by atoms with E-state index in [0.717, 1.165) is 10.0 Å². The number of rotatable bonds is 5. The summed E-state index contributed by atoms with van der Waals surface area (Å²) in [6, 6.07) is 5.58. The molecule has 1 amide bonds. The van der Waals surface area contributed by atoms with Crippen LogP contribution >= 0.6 is 27.7 Å². The number of thioether (sulfide) groups is 1. The Morgan fingerprint density at radius 2 is 2.23 bits per heavy atom. The van der Waals surface area contributed by atoms with Crippen LogP contribution in [0.2, 0.25) is 0 Å². The van der Waals surface area contributed by atoms with Crippen LogP contribution < -0.4 is 10.2 Å². The van der Waals surface area contributed by atoms with E-state index in [1.165, 1.54) is 17.8 Å². The minimum Gasteiger partial charge on any atom is -0.496 e. The maximum absolute atomic E-state index is 12.1. The molecule has 1 N–H and O–H groups in total. The van der Waals surface area contributed by atoms with E-state index in [0.29, 0.717) is 16.7 Å². The first-order chi connectivity index (χ1) is 10.5. The highest BCUT2D eigenvalue weighted by atomic mass is 79.9. The van der Waals surface area contributed by atoms with Crippen molar-refractivity contribution in [1.82, 2.24) is 14.9 Å². The van der Waals surface area contributed by atoms with Crippen LogP contribution in [0.15, 0.2) is 33.9 Å². The molecule has 0 aliphatic rings. The topological polar surface area (TPSA) is 69.0 Å². The van der Waals surface area contributed by atoms with Crippen molar-refractivity contribution in [2.24, 2.45) is 0 Å². The van der Waals surface area contributed by atoms with Gasteiger partial charge in [-0.05, 0) is 37.5 Å². The number of nitrogens with one attached hydrogen (secondary N) is 1. The van der Waals surface area contributed by atoms with Gasteiger partial charge in [-0.25, -0.2) is 4.68 Å². The maximum Gasteiger partial charge on any atom is 0.262 e. The van der Waals surface area contributed by atoms with Gasteiger partial charge in [-0.15, -0.1) is 10.2 Å². The van der Waals surface area contributed by atoms with Crippen LogP contribution in [0.3, 0.4) is 0 Å². The molecule has 2 rings (SSSR count). The Labute approximate surface area is 141 Å². The lowest BCUT2D eigenvalue weighted by molar-refractivity contribution is -0.112. The number of methoxy groups -OCH3 is 1. The van der Waals surface area contributed by atoms with E-state index in [4.69, 9.17) is 4.74 Å². The molecule has 116 valence electrons. The SMILES string of the molecule is COc1ccc(Br)cc1C=CC(=O)Nn1c(C)nnc1SC. The molecule has 0 bridgehead atoms. The fraction of sp³-hybridized carbons (Fsp3) is 0.214. The molecule has 0 saturated carbocycles. The highest BCUT2D eigenvalue weighted by molar-refractivity contribution is 9.10. The number of nitrogens with zero attached hydrogens (tertiary/aromatic N) is 3. The van der Waals surface area contributed by atoms with Crippen LogP contribution in [-0.4, -0.2) is 34.1 Å². The molecule has 1 aromatic carbocycles. The summed E-state index contributed by atoms with van der Waals surface area (Å²) in [7, 11) is 1.59. The molecular weight excluding hydrogens is 368 g/mol. The van der Waals surface area contributed by atoms with Crippen LogP contribution in [0.1, 0.15) is 11.4 Å². The molecule has 0 aliphatic carbocycles. The molecule has 0 saturated heterocycles. The third-order valence-corrected chi connectivity index (χ3v) is 3.93. The molecule has 0 spiro atoms. The first kappa shape index (κ1) is 16.6. The van der Waals surface area contributed by atoms with Gasteiger partial charge in [0.05, 0.1) is 7.11 Å². The number of halogens is 1. The van der Waals surface area contributed by atoms with Crippen molar-refractivity contribution in [3.05, 3.63) is 40.1 Å². The average molecular weight is 383 g/mol. The lowest BCUT2D eigenvalue weighted by atomic mass is 10.2. The van der Waals surface area contributed by atoms with E-state index < -0.39 is 0 Å². The summed E-state index contributed by atoms with van der Waals surface area (Å²) in [5.74, 6) is 1.03. The largest absolute Gasteiger partial charge is 0.496 e. The van der Waals surface area contributed by atoms with Gasteiger partial charge in [0.2, 0.25) is 5.16 Å². The summed E-state index contributed by atoms with van der Waals surface area (Å²) in [4.78, 5) is 12.1. The number of carbonyl (C=O) groups excluding carboxylic acids is 1. The van der Waals surface area contributed by atoms with E-state index in [2.05, 4.69) is 31.6 Å². The van der Waals surface area contributed by atoms with Gasteiger partial charge in [-0.1, -0.05) is 27.7 Å². The second-order valence-electron chi connectivity index (χ2n) is 4.26. The predicted octanol–water partition coefficient (Wildman–Crippen LogP) is 2.86. The third kappa shape index (κ3) is 3.89. The number of carbonyl (C=O) groups is 1. The van der Waals surface area contributed by atoms with Gasteiger partial charge in [0, 0.05) is 16.1 Å². The lowest BCUT2D eigenvalue weighted by Crippen LogP contribution is -2.22. The molecule has 0 unspecified atom stereocenters. The van der Waals surface area contributed by atoms with Crippen molar-refractivity contribution in [1.29, 1.82) is 0 Å². The molecule has 6 nitrogen and oxygen atoms in total. The standard InChI is InChI=1S/C14H15BrN4O2S/c1-9-16-17-14(22-3)19(9)18-13(20)7-4-10-8-11(15)5-6-12(10)21-2/h4-8H,1-3H3,(H,18,20). The Morgan fingerprint density at radius 1 is 1.45 bits per heavy atom. The maximum atomic E-state index is 12.1. The summed E-state index contributed by atoms with van der Waals surface area (Å²) >= 11 is 4.80. The Morgan fingerprint density at radius 3 is 2.91 bits per heavy atom. The van der Waals surface area contributed by atoms with Gasteiger partial charge < -0.3 is 4.74 Å². The van der Waals surface area contributed by atoms with E-state index in [-0.39, 0.29) is 5.91 Å². The van der Waals surface area contributed by atoms with Crippen LogP contribution in [0.25, 0.3) is 6.08 Å². The predicted molar refractivity (Wildman–Crippen MR) is 90.6 cm³/mol. The Kier molecular flexibility index (Phi) is 5.62. The molecule has 0 radical (unpaired) electrons. The van der Waals surface area contributed by atoms with Gasteiger partial charge in [0.25, 0.3) is 5.91 Å². The number of hydrogen-bond acceptors (Lipinski definition) is 5. The summed E-state index contributed by atoms with van der Waals surface area (Å²) in [5, 5.41) is 8.50. The molecule has 2 aromatic rings. The highest BCUT2D eigenvalue weighted by Crippen LogP contribution is 2.24. The minimum absolute atomic E-state index is 0.278. The zero-order chi connectivity index (χ0) is 16.1. The fourth-order valence-corrected chi connectivity index (χ4v) is 2.61. The van der Waals surface area contributed by atoms with Gasteiger partial charge in [-0.2, -0.15) is 0 Å². The van der Waals surface area contributed by atoms with E-state index in [9.17, 15) is 4.79 Å². The first-order valence-corrected chi connectivity index (χ1v) is 8.35.